The van der Waals surface area contributed by atoms with Crippen LogP contribution in [0.25, 0.3) is 0 Å². The molecule has 1 amide bonds. The number of benzene rings is 1. The van der Waals surface area contributed by atoms with Crippen LogP contribution in [-0.4, -0.2) is 30.8 Å². The van der Waals surface area contributed by atoms with Crippen molar-refractivity contribution in [1.29, 1.82) is 0 Å². The zero-order valence-corrected chi connectivity index (χ0v) is 10.0. The standard InChI is InChI=1S/C13H16N2O3/c16-8-13(3-4-13)7-14-9-1-2-11-10(5-9)15-12(17)6-18-11/h1-2,5,14,16H,3-4,6-8H2,(H,15,17). The Morgan fingerprint density at radius 3 is 3.00 bits per heavy atom. The number of amides is 1. The molecule has 2 aliphatic rings. The Labute approximate surface area is 105 Å². The predicted molar refractivity (Wildman–Crippen MR) is 67.8 cm³/mol. The van der Waals surface area contributed by atoms with E-state index in [1.165, 1.54) is 0 Å². The van der Waals surface area contributed by atoms with Gasteiger partial charge in [0.1, 0.15) is 5.75 Å². The highest BCUT2D eigenvalue weighted by Gasteiger charge is 2.41. The minimum Gasteiger partial charge on any atom is -0.482 e. The molecule has 1 saturated carbocycles. The largest absolute Gasteiger partial charge is 0.482 e. The molecular formula is C13H16N2O3. The van der Waals surface area contributed by atoms with Crippen molar-refractivity contribution in [1.82, 2.24) is 0 Å². The summed E-state index contributed by atoms with van der Waals surface area (Å²) in [4.78, 5) is 11.2. The molecule has 0 aromatic heterocycles. The van der Waals surface area contributed by atoms with Crippen LogP contribution in [0.3, 0.4) is 0 Å². The van der Waals surface area contributed by atoms with E-state index in [1.807, 2.05) is 18.2 Å². The second-order valence-electron chi connectivity index (χ2n) is 5.06. The molecule has 1 aliphatic heterocycles. The number of hydrogen-bond acceptors (Lipinski definition) is 4. The number of aliphatic hydroxyl groups is 1. The zero-order chi connectivity index (χ0) is 12.6. The van der Waals surface area contributed by atoms with Crippen LogP contribution < -0.4 is 15.4 Å². The van der Waals surface area contributed by atoms with E-state index in [2.05, 4.69) is 10.6 Å². The molecule has 0 unspecified atom stereocenters. The molecule has 1 heterocycles. The van der Waals surface area contributed by atoms with E-state index in [-0.39, 0.29) is 24.5 Å². The molecule has 1 fully saturated rings. The van der Waals surface area contributed by atoms with Gasteiger partial charge < -0.3 is 20.5 Å². The normalized spacial score (nSPS) is 19.5. The molecule has 5 nitrogen and oxygen atoms in total. The van der Waals surface area contributed by atoms with E-state index in [0.29, 0.717) is 11.4 Å². The molecule has 5 heteroatoms. The Bertz CT molecular complexity index is 483. The van der Waals surface area contributed by atoms with Crippen LogP contribution in [-0.2, 0) is 4.79 Å². The fraction of sp³-hybridized carbons (Fsp3) is 0.462. The molecule has 0 atom stereocenters. The molecule has 18 heavy (non-hydrogen) atoms. The van der Waals surface area contributed by atoms with Gasteiger partial charge in [0.15, 0.2) is 6.61 Å². The molecular weight excluding hydrogens is 232 g/mol. The number of hydrogen-bond donors (Lipinski definition) is 3. The van der Waals surface area contributed by atoms with Gasteiger partial charge in [0.2, 0.25) is 0 Å². The first-order valence-corrected chi connectivity index (χ1v) is 6.12. The van der Waals surface area contributed by atoms with E-state index in [9.17, 15) is 9.90 Å². The molecule has 1 aromatic carbocycles. The molecule has 0 bridgehead atoms. The van der Waals surface area contributed by atoms with Gasteiger partial charge in [-0.3, -0.25) is 4.79 Å². The highest BCUT2D eigenvalue weighted by Crippen LogP contribution is 2.45. The summed E-state index contributed by atoms with van der Waals surface area (Å²) in [6, 6.07) is 5.62. The van der Waals surface area contributed by atoms with Crippen molar-refractivity contribution in [2.75, 3.05) is 30.4 Å². The highest BCUT2D eigenvalue weighted by molar-refractivity contribution is 5.96. The first-order valence-electron chi connectivity index (χ1n) is 6.12. The lowest BCUT2D eigenvalue weighted by molar-refractivity contribution is -0.118. The Morgan fingerprint density at radius 2 is 2.28 bits per heavy atom. The Morgan fingerprint density at radius 1 is 1.44 bits per heavy atom. The van der Waals surface area contributed by atoms with Crippen LogP contribution in [0.2, 0.25) is 0 Å². The van der Waals surface area contributed by atoms with E-state index in [1.54, 1.807) is 0 Å². The van der Waals surface area contributed by atoms with Crippen molar-refractivity contribution in [2.24, 2.45) is 5.41 Å². The summed E-state index contributed by atoms with van der Waals surface area (Å²) in [5.41, 5.74) is 1.69. The summed E-state index contributed by atoms with van der Waals surface area (Å²) in [5, 5.41) is 15.3. The van der Waals surface area contributed by atoms with Gasteiger partial charge >= 0.3 is 0 Å². The van der Waals surface area contributed by atoms with Crippen molar-refractivity contribution in [3.05, 3.63) is 18.2 Å². The summed E-state index contributed by atoms with van der Waals surface area (Å²) in [7, 11) is 0. The number of ether oxygens (including phenoxy) is 1. The second-order valence-corrected chi connectivity index (χ2v) is 5.06. The average Bonchev–Trinajstić information content (AvgIpc) is 3.16. The summed E-state index contributed by atoms with van der Waals surface area (Å²) in [6.07, 6.45) is 2.14. The minimum atomic E-state index is -0.131. The van der Waals surface area contributed by atoms with Crippen molar-refractivity contribution >= 4 is 17.3 Å². The van der Waals surface area contributed by atoms with Gasteiger partial charge in [-0.15, -0.1) is 0 Å². The molecule has 3 N–H and O–H groups in total. The van der Waals surface area contributed by atoms with Crippen LogP contribution in [0.15, 0.2) is 18.2 Å². The van der Waals surface area contributed by atoms with E-state index >= 15 is 0 Å². The van der Waals surface area contributed by atoms with Crippen molar-refractivity contribution in [3.63, 3.8) is 0 Å². The summed E-state index contributed by atoms with van der Waals surface area (Å²) >= 11 is 0. The van der Waals surface area contributed by atoms with Crippen LogP contribution in [0.1, 0.15) is 12.8 Å². The van der Waals surface area contributed by atoms with Gasteiger partial charge in [-0.05, 0) is 31.0 Å². The topological polar surface area (TPSA) is 70.6 Å². The number of carbonyl (C=O) groups is 1. The minimum absolute atomic E-state index is 0.0651. The van der Waals surface area contributed by atoms with Gasteiger partial charge in [0.25, 0.3) is 5.91 Å². The third kappa shape index (κ3) is 2.13. The van der Waals surface area contributed by atoms with Gasteiger partial charge in [0.05, 0.1) is 12.3 Å². The first kappa shape index (κ1) is 11.3. The maximum atomic E-state index is 11.2. The molecule has 0 spiro atoms. The highest BCUT2D eigenvalue weighted by atomic mass is 16.5. The fourth-order valence-corrected chi connectivity index (χ4v) is 2.05. The maximum Gasteiger partial charge on any atom is 0.262 e. The van der Waals surface area contributed by atoms with Crippen molar-refractivity contribution < 1.29 is 14.6 Å². The number of aliphatic hydroxyl groups excluding tert-OH is 1. The fourth-order valence-electron chi connectivity index (χ4n) is 2.05. The van der Waals surface area contributed by atoms with Crippen LogP contribution in [0.4, 0.5) is 11.4 Å². The van der Waals surface area contributed by atoms with Gasteiger partial charge in [0, 0.05) is 17.6 Å². The van der Waals surface area contributed by atoms with Gasteiger partial charge in [-0.1, -0.05) is 0 Å². The van der Waals surface area contributed by atoms with Crippen molar-refractivity contribution in [3.8, 4) is 5.75 Å². The Kier molecular flexibility index (Phi) is 2.63. The van der Waals surface area contributed by atoms with E-state index in [0.717, 1.165) is 25.1 Å². The molecule has 0 radical (unpaired) electrons. The van der Waals surface area contributed by atoms with Gasteiger partial charge in [-0.25, -0.2) is 0 Å². The zero-order valence-electron chi connectivity index (χ0n) is 10.0. The lowest BCUT2D eigenvalue weighted by atomic mass is 10.1. The Balaban J connectivity index is 1.70. The van der Waals surface area contributed by atoms with E-state index < -0.39 is 0 Å². The maximum absolute atomic E-state index is 11.2. The lowest BCUT2D eigenvalue weighted by Crippen LogP contribution is -2.25. The summed E-state index contributed by atoms with van der Waals surface area (Å²) in [6.45, 7) is 1.06. The number of anilines is 2. The second kappa shape index (κ2) is 4.17. The third-order valence-electron chi connectivity index (χ3n) is 3.57. The van der Waals surface area contributed by atoms with Crippen LogP contribution in [0.5, 0.6) is 5.75 Å². The molecule has 1 aromatic rings. The number of nitrogens with one attached hydrogen (secondary N) is 2. The average molecular weight is 248 g/mol. The van der Waals surface area contributed by atoms with Crippen LogP contribution >= 0.6 is 0 Å². The number of carbonyl (C=O) groups excluding carboxylic acids is 1. The third-order valence-corrected chi connectivity index (χ3v) is 3.57. The SMILES string of the molecule is O=C1COc2ccc(NCC3(CO)CC3)cc2N1. The monoisotopic (exact) mass is 248 g/mol. The summed E-state index contributed by atoms with van der Waals surface area (Å²) < 4.78 is 5.29. The number of rotatable bonds is 4. The molecule has 3 rings (SSSR count). The van der Waals surface area contributed by atoms with Gasteiger partial charge in [-0.2, -0.15) is 0 Å². The smallest absolute Gasteiger partial charge is 0.262 e. The molecule has 0 saturated heterocycles. The quantitative estimate of drug-likeness (QED) is 0.749. The first-order chi connectivity index (χ1) is 8.71. The molecule has 1 aliphatic carbocycles. The number of fused-ring (bicyclic) bond motifs is 1. The lowest BCUT2D eigenvalue weighted by Gasteiger charge is -2.20. The van der Waals surface area contributed by atoms with Crippen LogP contribution in [0, 0.1) is 5.41 Å². The van der Waals surface area contributed by atoms with Crippen molar-refractivity contribution in [2.45, 2.75) is 12.8 Å². The predicted octanol–water partition coefficient (Wildman–Crippen LogP) is 1.20. The molecule has 96 valence electrons. The Hall–Kier alpha value is -1.75. The van der Waals surface area contributed by atoms with E-state index in [4.69, 9.17) is 4.74 Å². The summed E-state index contributed by atoms with van der Waals surface area (Å²) in [5.74, 6) is 0.567.